The van der Waals surface area contributed by atoms with Crippen LogP contribution in [-0.2, 0) is 19.9 Å². The fourth-order valence-electron chi connectivity index (χ4n) is 3.28. The van der Waals surface area contributed by atoms with E-state index >= 15 is 0 Å². The van der Waals surface area contributed by atoms with Crippen LogP contribution in [0, 0.1) is 0 Å². The lowest BCUT2D eigenvalue weighted by atomic mass is 9.96. The zero-order valence-corrected chi connectivity index (χ0v) is 17.8. The molecule has 6 nitrogen and oxygen atoms in total. The number of hydrogen-bond donors (Lipinski definition) is 2. The Morgan fingerprint density at radius 1 is 1.27 bits per heavy atom. The molecule has 0 unspecified atom stereocenters. The van der Waals surface area contributed by atoms with Crippen molar-refractivity contribution in [2.45, 2.75) is 51.0 Å². The summed E-state index contributed by atoms with van der Waals surface area (Å²) >= 11 is 0. The summed E-state index contributed by atoms with van der Waals surface area (Å²) in [6.07, 6.45) is 11.8. The van der Waals surface area contributed by atoms with Crippen LogP contribution in [0.2, 0.25) is 0 Å². The van der Waals surface area contributed by atoms with Gasteiger partial charge in [0.2, 0.25) is 0 Å². The van der Waals surface area contributed by atoms with Gasteiger partial charge in [0.1, 0.15) is 5.76 Å². The van der Waals surface area contributed by atoms with Crippen LogP contribution >= 0.6 is 24.0 Å². The maximum Gasteiger partial charge on any atom is 0.191 e. The molecule has 1 fully saturated rings. The number of nitrogens with zero attached hydrogens (tertiary/aromatic N) is 3. The van der Waals surface area contributed by atoms with E-state index in [0.29, 0.717) is 6.04 Å². The first kappa shape index (κ1) is 20.8. The molecular formula is C19H30IN5O. The summed E-state index contributed by atoms with van der Waals surface area (Å²) in [7, 11) is 1.98. The minimum Gasteiger partial charge on any atom is -0.469 e. The first-order chi connectivity index (χ1) is 12.3. The van der Waals surface area contributed by atoms with Gasteiger partial charge in [-0.1, -0.05) is 19.3 Å². The van der Waals surface area contributed by atoms with Crippen LogP contribution in [0.25, 0.3) is 0 Å². The summed E-state index contributed by atoms with van der Waals surface area (Å²) in [6.45, 7) is 1.57. The van der Waals surface area contributed by atoms with Crippen molar-refractivity contribution in [3.05, 3.63) is 42.1 Å². The molecule has 0 aromatic carbocycles. The molecule has 2 heterocycles. The Kier molecular flexibility index (Phi) is 9.00. The maximum atomic E-state index is 5.39. The van der Waals surface area contributed by atoms with Gasteiger partial charge in [-0.05, 0) is 31.0 Å². The summed E-state index contributed by atoms with van der Waals surface area (Å²) in [5.74, 6) is 1.90. The van der Waals surface area contributed by atoms with Crippen molar-refractivity contribution in [3.63, 3.8) is 0 Å². The van der Waals surface area contributed by atoms with E-state index in [1.165, 1.54) is 37.8 Å². The normalized spacial score (nSPS) is 15.5. The van der Waals surface area contributed by atoms with Crippen molar-refractivity contribution >= 4 is 29.9 Å². The summed E-state index contributed by atoms with van der Waals surface area (Å²) in [5, 5.41) is 11.3. The van der Waals surface area contributed by atoms with E-state index in [0.717, 1.165) is 37.7 Å². The highest BCUT2D eigenvalue weighted by atomic mass is 127. The molecule has 1 saturated carbocycles. The molecule has 2 N–H and O–H groups in total. The van der Waals surface area contributed by atoms with E-state index < -0.39 is 0 Å². The van der Waals surface area contributed by atoms with Crippen LogP contribution in [0.4, 0.5) is 0 Å². The van der Waals surface area contributed by atoms with Gasteiger partial charge in [-0.3, -0.25) is 9.67 Å². The Morgan fingerprint density at radius 3 is 2.81 bits per heavy atom. The van der Waals surface area contributed by atoms with Crippen molar-refractivity contribution < 1.29 is 4.42 Å². The number of halogens is 1. The minimum atomic E-state index is 0. The molecule has 0 bridgehead atoms. The topological polar surface area (TPSA) is 67.4 Å². The molecule has 0 aliphatic heterocycles. The molecular weight excluding hydrogens is 441 g/mol. The summed E-state index contributed by atoms with van der Waals surface area (Å²) in [4.78, 5) is 4.75. The molecule has 2 aromatic rings. The number of hydrogen-bond acceptors (Lipinski definition) is 3. The van der Waals surface area contributed by atoms with E-state index in [4.69, 9.17) is 9.41 Å². The van der Waals surface area contributed by atoms with Gasteiger partial charge in [0.15, 0.2) is 5.96 Å². The van der Waals surface area contributed by atoms with Gasteiger partial charge in [0.25, 0.3) is 0 Å². The smallest absolute Gasteiger partial charge is 0.191 e. The Morgan fingerprint density at radius 2 is 2.12 bits per heavy atom. The second-order valence-electron chi connectivity index (χ2n) is 6.66. The Hall–Kier alpha value is -1.51. The molecule has 144 valence electrons. The zero-order valence-electron chi connectivity index (χ0n) is 15.5. The molecule has 1 aliphatic rings. The van der Waals surface area contributed by atoms with Crippen molar-refractivity contribution in [1.82, 2.24) is 20.4 Å². The largest absolute Gasteiger partial charge is 0.469 e. The van der Waals surface area contributed by atoms with E-state index in [1.807, 2.05) is 30.1 Å². The fourth-order valence-corrected chi connectivity index (χ4v) is 3.28. The fraction of sp³-hybridized carbons (Fsp3) is 0.579. The minimum absolute atomic E-state index is 0. The Labute approximate surface area is 172 Å². The first-order valence-corrected chi connectivity index (χ1v) is 9.35. The monoisotopic (exact) mass is 471 g/mol. The molecule has 0 amide bonds. The number of rotatable bonds is 7. The standard InChI is InChI=1S/C19H29N5O.HI/c1-24-17(10-14-22-24)9-12-20-19(23-16-6-3-2-4-7-16)21-13-11-18-8-5-15-25-18;/h5,8,10,14-16H,2-4,6-7,9,11-13H2,1H3,(H2,20,21,23);1H. The first-order valence-electron chi connectivity index (χ1n) is 9.35. The molecule has 0 atom stereocenters. The van der Waals surface area contributed by atoms with E-state index in [2.05, 4.69) is 21.8 Å². The lowest BCUT2D eigenvalue weighted by molar-refractivity contribution is 0.409. The molecule has 1 aliphatic carbocycles. The van der Waals surface area contributed by atoms with E-state index in [9.17, 15) is 0 Å². The molecule has 3 rings (SSSR count). The van der Waals surface area contributed by atoms with Gasteiger partial charge < -0.3 is 15.1 Å². The van der Waals surface area contributed by atoms with Crippen molar-refractivity contribution in [2.75, 3.05) is 13.1 Å². The van der Waals surface area contributed by atoms with Crippen molar-refractivity contribution in [1.29, 1.82) is 0 Å². The van der Waals surface area contributed by atoms with Crippen LogP contribution in [0.3, 0.4) is 0 Å². The lowest BCUT2D eigenvalue weighted by Crippen LogP contribution is -2.45. The average Bonchev–Trinajstić information content (AvgIpc) is 3.28. The van der Waals surface area contributed by atoms with Crippen molar-refractivity contribution in [3.8, 4) is 0 Å². The molecule has 2 aromatic heterocycles. The third kappa shape index (κ3) is 6.66. The van der Waals surface area contributed by atoms with Gasteiger partial charge in [0, 0.05) is 50.9 Å². The lowest BCUT2D eigenvalue weighted by Gasteiger charge is -2.25. The predicted molar refractivity (Wildman–Crippen MR) is 115 cm³/mol. The average molecular weight is 471 g/mol. The van der Waals surface area contributed by atoms with Gasteiger partial charge >= 0.3 is 0 Å². The van der Waals surface area contributed by atoms with E-state index in [-0.39, 0.29) is 24.0 Å². The van der Waals surface area contributed by atoms with E-state index in [1.54, 1.807) is 6.26 Å². The highest BCUT2D eigenvalue weighted by molar-refractivity contribution is 14.0. The van der Waals surface area contributed by atoms with Crippen LogP contribution < -0.4 is 10.6 Å². The molecule has 0 saturated heterocycles. The quantitative estimate of drug-likeness (QED) is 0.370. The number of aryl methyl sites for hydroxylation is 1. The van der Waals surface area contributed by atoms with Gasteiger partial charge in [-0.15, -0.1) is 24.0 Å². The molecule has 0 spiro atoms. The molecule has 26 heavy (non-hydrogen) atoms. The van der Waals surface area contributed by atoms with Gasteiger partial charge in [-0.25, -0.2) is 0 Å². The number of nitrogens with one attached hydrogen (secondary N) is 2. The van der Waals surface area contributed by atoms with Gasteiger partial charge in [0.05, 0.1) is 6.26 Å². The molecule has 0 radical (unpaired) electrons. The predicted octanol–water partition coefficient (Wildman–Crippen LogP) is 3.28. The summed E-state index contributed by atoms with van der Waals surface area (Å²) < 4.78 is 7.31. The van der Waals surface area contributed by atoms with Crippen LogP contribution in [0.1, 0.15) is 43.6 Å². The summed E-state index contributed by atoms with van der Waals surface area (Å²) in [5.41, 5.74) is 1.22. The molecule has 7 heteroatoms. The number of aromatic nitrogens is 2. The maximum absolute atomic E-state index is 5.39. The summed E-state index contributed by atoms with van der Waals surface area (Å²) in [6, 6.07) is 6.52. The highest BCUT2D eigenvalue weighted by Crippen LogP contribution is 2.17. The number of guanidine groups is 1. The number of aliphatic imine (C=N–C) groups is 1. The second-order valence-corrected chi connectivity index (χ2v) is 6.66. The third-order valence-electron chi connectivity index (χ3n) is 4.75. The third-order valence-corrected chi connectivity index (χ3v) is 4.75. The SMILES string of the molecule is Cn1nccc1CCNC(=NCCc1ccco1)NC1CCCCC1.I. The van der Waals surface area contributed by atoms with Crippen molar-refractivity contribution in [2.24, 2.45) is 12.0 Å². The second kappa shape index (κ2) is 11.3. The van der Waals surface area contributed by atoms with Gasteiger partial charge in [-0.2, -0.15) is 5.10 Å². The zero-order chi connectivity index (χ0) is 17.3. The Bertz CT molecular complexity index is 647. The van der Waals surface area contributed by atoms with Crippen LogP contribution in [0.15, 0.2) is 40.1 Å². The Balaban J connectivity index is 0.00000243. The van der Waals surface area contributed by atoms with Crippen LogP contribution in [0.5, 0.6) is 0 Å². The highest BCUT2D eigenvalue weighted by Gasteiger charge is 2.14. The number of furan rings is 1. The van der Waals surface area contributed by atoms with Crippen LogP contribution in [-0.4, -0.2) is 34.9 Å².